The fraction of sp³-hybridized carbons (Fsp3) is 0.385. The number of carbonyl (C=O) groups is 1. The van der Waals surface area contributed by atoms with Gasteiger partial charge in [-0.15, -0.1) is 0 Å². The van der Waals surface area contributed by atoms with E-state index in [2.05, 4.69) is 30.5 Å². The van der Waals surface area contributed by atoms with Crippen molar-refractivity contribution in [2.45, 2.75) is 56.5 Å². The zero-order valence-electron chi connectivity index (χ0n) is 19.7. The smallest absolute Gasteiger partial charge is 0.255 e. The highest BCUT2D eigenvalue weighted by molar-refractivity contribution is 6.01. The molecule has 36 heavy (non-hydrogen) atoms. The van der Waals surface area contributed by atoms with Crippen molar-refractivity contribution in [2.75, 3.05) is 11.4 Å². The van der Waals surface area contributed by atoms with Gasteiger partial charge in [0.25, 0.3) is 5.91 Å². The number of hydrogen-bond donors (Lipinski definition) is 2. The van der Waals surface area contributed by atoms with E-state index in [0.717, 1.165) is 62.6 Å². The number of pyridine rings is 1. The van der Waals surface area contributed by atoms with Crippen LogP contribution >= 0.6 is 0 Å². The van der Waals surface area contributed by atoms with E-state index in [1.165, 1.54) is 18.5 Å². The van der Waals surface area contributed by atoms with Crippen molar-refractivity contribution < 1.29 is 13.6 Å². The number of benzene rings is 1. The van der Waals surface area contributed by atoms with Gasteiger partial charge in [0.05, 0.1) is 23.3 Å². The number of aromatic amines is 1. The zero-order chi connectivity index (χ0) is 24.6. The molecule has 1 saturated carbocycles. The van der Waals surface area contributed by atoms with Crippen LogP contribution in [0.3, 0.4) is 0 Å². The van der Waals surface area contributed by atoms with Crippen LogP contribution in [0.15, 0.2) is 49.1 Å². The monoisotopic (exact) mass is 491 g/mol. The Morgan fingerprint density at radius 1 is 1.08 bits per heavy atom. The lowest BCUT2D eigenvalue weighted by atomic mass is 9.85. The Hall–Kier alpha value is -3.82. The van der Waals surface area contributed by atoms with Gasteiger partial charge in [0.15, 0.2) is 0 Å². The first kappa shape index (κ1) is 22.6. The minimum absolute atomic E-state index is 0.0914. The van der Waals surface area contributed by atoms with Crippen LogP contribution in [-0.4, -0.2) is 43.3 Å². The Morgan fingerprint density at radius 2 is 1.94 bits per heavy atom. The summed E-state index contributed by atoms with van der Waals surface area (Å²) < 4.78 is 30.1. The predicted molar refractivity (Wildman–Crippen MR) is 130 cm³/mol. The maximum absolute atomic E-state index is 14.5. The molecule has 4 aromatic rings. The maximum atomic E-state index is 14.5. The van der Waals surface area contributed by atoms with E-state index in [4.69, 9.17) is 0 Å². The molecule has 0 bridgehead atoms. The summed E-state index contributed by atoms with van der Waals surface area (Å²) in [5, 5.41) is 14.4. The molecular weight excluding hydrogens is 464 g/mol. The molecule has 0 spiro atoms. The van der Waals surface area contributed by atoms with E-state index in [-0.39, 0.29) is 18.0 Å². The van der Waals surface area contributed by atoms with Gasteiger partial charge in [0.2, 0.25) is 0 Å². The molecule has 1 amide bonds. The van der Waals surface area contributed by atoms with Gasteiger partial charge in [0, 0.05) is 36.0 Å². The lowest BCUT2D eigenvalue weighted by molar-refractivity contribution is 0.0927. The number of carbonyl (C=O) groups excluding carboxylic acids is 1. The third-order valence-corrected chi connectivity index (χ3v) is 7.53. The number of fused-ring (bicyclic) bond motifs is 1. The molecule has 4 heterocycles. The molecule has 2 N–H and O–H groups in total. The first-order valence-corrected chi connectivity index (χ1v) is 12.4. The second kappa shape index (κ2) is 9.33. The van der Waals surface area contributed by atoms with Gasteiger partial charge < -0.3 is 10.2 Å². The summed E-state index contributed by atoms with van der Waals surface area (Å²) in [5.41, 5.74) is 2.41. The number of rotatable bonds is 5. The number of amides is 1. The third kappa shape index (κ3) is 4.20. The normalized spacial score (nSPS) is 22.3. The lowest BCUT2D eigenvalue weighted by Gasteiger charge is -2.28. The number of H-pyrrole nitrogens is 1. The van der Waals surface area contributed by atoms with Gasteiger partial charge in [-0.25, -0.2) is 18.3 Å². The molecule has 1 saturated heterocycles. The Morgan fingerprint density at radius 3 is 2.75 bits per heavy atom. The van der Waals surface area contributed by atoms with E-state index in [1.807, 2.05) is 12.1 Å². The fourth-order valence-corrected chi connectivity index (χ4v) is 5.68. The van der Waals surface area contributed by atoms with Crippen molar-refractivity contribution in [1.29, 1.82) is 0 Å². The van der Waals surface area contributed by atoms with E-state index >= 15 is 0 Å². The van der Waals surface area contributed by atoms with Crippen LogP contribution in [0.2, 0.25) is 0 Å². The van der Waals surface area contributed by atoms with Crippen molar-refractivity contribution >= 4 is 17.1 Å². The molecule has 8 nitrogen and oxygen atoms in total. The number of anilines is 1. The van der Waals surface area contributed by atoms with Crippen LogP contribution in [0.4, 0.5) is 14.5 Å². The summed E-state index contributed by atoms with van der Waals surface area (Å²) in [4.78, 5) is 19.5. The molecule has 1 aromatic carbocycles. The Balaban J connectivity index is 1.20. The summed E-state index contributed by atoms with van der Waals surface area (Å²) in [6, 6.07) is 7.26. The molecule has 10 heteroatoms. The highest BCUT2D eigenvalue weighted by Gasteiger charge is 2.30. The summed E-state index contributed by atoms with van der Waals surface area (Å²) >= 11 is 0. The highest BCUT2D eigenvalue weighted by Crippen LogP contribution is 2.38. The fourth-order valence-electron chi connectivity index (χ4n) is 5.68. The van der Waals surface area contributed by atoms with E-state index < -0.39 is 11.6 Å². The lowest BCUT2D eigenvalue weighted by Crippen LogP contribution is -2.37. The van der Waals surface area contributed by atoms with Crippen LogP contribution in [0.5, 0.6) is 0 Å². The molecular formula is C26H27F2N7O. The second-order valence-corrected chi connectivity index (χ2v) is 9.68. The second-order valence-electron chi connectivity index (χ2n) is 9.68. The number of aromatic nitrogens is 5. The average Bonchev–Trinajstić information content (AvgIpc) is 3.66. The van der Waals surface area contributed by atoms with Crippen LogP contribution in [0.1, 0.15) is 72.2 Å². The minimum atomic E-state index is -0.446. The van der Waals surface area contributed by atoms with Gasteiger partial charge in [-0.3, -0.25) is 9.89 Å². The molecule has 1 aliphatic heterocycles. The van der Waals surface area contributed by atoms with Crippen molar-refractivity contribution in [1.82, 2.24) is 30.1 Å². The first-order valence-electron chi connectivity index (χ1n) is 12.4. The summed E-state index contributed by atoms with van der Waals surface area (Å²) in [7, 11) is 0. The topological polar surface area (TPSA) is 91.2 Å². The standard InChI is InChI=1S/C26H27F2N7O/c27-17-5-8-22(28)20(12-17)23-2-1-10-34(23)19-9-11-35-24(13-19)21(14-31-35)26(36)32-18-6-3-16(4-7-18)25-29-15-30-33-25/h5,8-9,11-16,18,23H,1-4,6-7,10H2,(H,32,36)(H,29,30,33)/t16-,18-,23-/m1/s1. The van der Waals surface area contributed by atoms with Crippen molar-refractivity contribution in [3.63, 3.8) is 0 Å². The molecule has 1 aliphatic carbocycles. The average molecular weight is 492 g/mol. The van der Waals surface area contributed by atoms with Crippen LogP contribution < -0.4 is 10.2 Å². The van der Waals surface area contributed by atoms with E-state index in [0.29, 0.717) is 22.6 Å². The van der Waals surface area contributed by atoms with Gasteiger partial charge in [-0.1, -0.05) is 0 Å². The molecule has 3 aromatic heterocycles. The van der Waals surface area contributed by atoms with Gasteiger partial charge >= 0.3 is 0 Å². The number of halogens is 2. The summed E-state index contributed by atoms with van der Waals surface area (Å²) in [6.45, 7) is 0.723. The molecule has 186 valence electrons. The zero-order valence-corrected chi connectivity index (χ0v) is 19.7. The Kier molecular flexibility index (Phi) is 5.86. The number of hydrogen-bond acceptors (Lipinski definition) is 5. The minimum Gasteiger partial charge on any atom is -0.364 e. The molecule has 1 atom stereocenters. The van der Waals surface area contributed by atoms with Crippen LogP contribution in [0.25, 0.3) is 5.52 Å². The largest absolute Gasteiger partial charge is 0.364 e. The predicted octanol–water partition coefficient (Wildman–Crippen LogP) is 4.53. The van der Waals surface area contributed by atoms with Crippen molar-refractivity contribution in [2.24, 2.45) is 0 Å². The Bertz CT molecular complexity index is 1380. The van der Waals surface area contributed by atoms with Crippen LogP contribution in [0, 0.1) is 11.6 Å². The van der Waals surface area contributed by atoms with Gasteiger partial charge in [-0.2, -0.15) is 10.2 Å². The molecule has 6 rings (SSSR count). The molecule has 0 radical (unpaired) electrons. The Labute approximate surface area is 206 Å². The first-order chi connectivity index (χ1) is 17.6. The van der Waals surface area contributed by atoms with Crippen molar-refractivity contribution in [3.8, 4) is 0 Å². The molecule has 2 fully saturated rings. The number of nitrogens with zero attached hydrogens (tertiary/aromatic N) is 5. The van der Waals surface area contributed by atoms with E-state index in [1.54, 1.807) is 16.9 Å². The SMILES string of the molecule is O=C(N[C@H]1CC[C@H](c2ncn[nH]2)CC1)c1cnn2ccc(N3CCC[C@@H]3c3cc(F)ccc3F)cc12. The van der Waals surface area contributed by atoms with E-state index in [9.17, 15) is 13.6 Å². The highest BCUT2D eigenvalue weighted by atomic mass is 19.1. The van der Waals surface area contributed by atoms with Crippen LogP contribution in [-0.2, 0) is 0 Å². The summed E-state index contributed by atoms with van der Waals surface area (Å²) in [5.74, 6) is 0.249. The molecule has 2 aliphatic rings. The molecule has 0 unspecified atom stereocenters. The number of nitrogens with one attached hydrogen (secondary N) is 2. The third-order valence-electron chi connectivity index (χ3n) is 7.53. The van der Waals surface area contributed by atoms with Crippen molar-refractivity contribution in [3.05, 3.63) is 77.6 Å². The van der Waals surface area contributed by atoms with Gasteiger partial charge in [-0.05, 0) is 68.9 Å². The summed E-state index contributed by atoms with van der Waals surface area (Å²) in [6.07, 6.45) is 10.1. The van der Waals surface area contributed by atoms with Gasteiger partial charge in [0.1, 0.15) is 23.8 Å². The quantitative estimate of drug-likeness (QED) is 0.428. The maximum Gasteiger partial charge on any atom is 0.255 e.